The summed E-state index contributed by atoms with van der Waals surface area (Å²) in [6.45, 7) is 0.504. The van der Waals surface area contributed by atoms with Crippen LogP contribution in [0.2, 0.25) is 0 Å². The highest BCUT2D eigenvalue weighted by molar-refractivity contribution is 9.10. The molecule has 0 saturated carbocycles. The Labute approximate surface area is 114 Å². The van der Waals surface area contributed by atoms with Crippen LogP contribution in [0.5, 0.6) is 0 Å². The smallest absolute Gasteiger partial charge is 0.282 e. The third-order valence-electron chi connectivity index (χ3n) is 1.88. The highest BCUT2D eigenvalue weighted by atomic mass is 79.9. The first-order chi connectivity index (χ1) is 8.19. The van der Waals surface area contributed by atoms with Crippen LogP contribution in [0.3, 0.4) is 0 Å². The first kappa shape index (κ1) is 12.5. The lowest BCUT2D eigenvalue weighted by Gasteiger charge is -1.98. The minimum absolute atomic E-state index is 0.200. The Bertz CT molecular complexity index is 525. The summed E-state index contributed by atoms with van der Waals surface area (Å²) in [6, 6.07) is 1.98. The standard InChI is InChI=1S/C9H9BrN4OS2/c1-11-9-14-13-8(17-9)7(15)12-3-6-2-5(10)4-16-6/h2,4H,3H2,1H3,(H,11,14)(H,12,15). The second-order valence-electron chi connectivity index (χ2n) is 3.08. The SMILES string of the molecule is CNc1nnc(C(=O)NCc2cc(Br)cs2)s1. The molecule has 8 heteroatoms. The molecule has 1 amide bonds. The van der Waals surface area contributed by atoms with E-state index in [1.165, 1.54) is 11.3 Å². The van der Waals surface area contributed by atoms with Gasteiger partial charge in [-0.1, -0.05) is 11.3 Å². The minimum Gasteiger partial charge on any atom is -0.363 e. The van der Waals surface area contributed by atoms with Crippen LogP contribution in [-0.4, -0.2) is 23.2 Å². The number of carbonyl (C=O) groups excluding carboxylic acids is 1. The number of carbonyl (C=O) groups is 1. The Morgan fingerprint density at radius 2 is 2.35 bits per heavy atom. The molecule has 2 aromatic heterocycles. The van der Waals surface area contributed by atoms with E-state index in [1.54, 1.807) is 18.4 Å². The molecule has 5 nitrogen and oxygen atoms in total. The second-order valence-corrected chi connectivity index (χ2v) is 5.97. The van der Waals surface area contributed by atoms with Gasteiger partial charge in [-0.2, -0.15) is 0 Å². The quantitative estimate of drug-likeness (QED) is 0.901. The minimum atomic E-state index is -0.200. The number of hydrogen-bond donors (Lipinski definition) is 2. The van der Waals surface area contributed by atoms with Crippen molar-refractivity contribution < 1.29 is 4.79 Å². The van der Waals surface area contributed by atoms with E-state index in [0.717, 1.165) is 9.35 Å². The number of anilines is 1. The molecule has 0 aromatic carbocycles. The molecule has 2 rings (SSSR count). The predicted octanol–water partition coefficient (Wildman–Crippen LogP) is 2.33. The van der Waals surface area contributed by atoms with Crippen LogP contribution in [0, 0.1) is 0 Å². The van der Waals surface area contributed by atoms with Crippen LogP contribution in [0.25, 0.3) is 0 Å². The van der Waals surface area contributed by atoms with E-state index in [-0.39, 0.29) is 5.91 Å². The summed E-state index contributed by atoms with van der Waals surface area (Å²) in [6.07, 6.45) is 0. The van der Waals surface area contributed by atoms with Crippen LogP contribution < -0.4 is 10.6 Å². The maximum Gasteiger partial charge on any atom is 0.282 e. The van der Waals surface area contributed by atoms with Crippen molar-refractivity contribution in [3.63, 3.8) is 0 Å². The number of thiophene rings is 1. The van der Waals surface area contributed by atoms with Crippen molar-refractivity contribution in [1.29, 1.82) is 0 Å². The van der Waals surface area contributed by atoms with Crippen molar-refractivity contribution in [2.24, 2.45) is 0 Å². The molecular weight excluding hydrogens is 324 g/mol. The molecule has 2 aromatic rings. The lowest BCUT2D eigenvalue weighted by Crippen LogP contribution is -2.22. The number of nitrogens with one attached hydrogen (secondary N) is 2. The summed E-state index contributed by atoms with van der Waals surface area (Å²) in [5, 5.41) is 16.2. The third-order valence-corrected chi connectivity index (χ3v) is 4.52. The maximum atomic E-state index is 11.7. The molecule has 0 aliphatic rings. The topological polar surface area (TPSA) is 66.9 Å². The predicted molar refractivity (Wildman–Crippen MR) is 72.6 cm³/mol. The Balaban J connectivity index is 1.93. The van der Waals surface area contributed by atoms with E-state index in [4.69, 9.17) is 0 Å². The molecule has 0 aliphatic carbocycles. The molecule has 17 heavy (non-hydrogen) atoms. The Hall–Kier alpha value is -0.990. The van der Waals surface area contributed by atoms with Crippen molar-refractivity contribution in [2.75, 3.05) is 12.4 Å². The van der Waals surface area contributed by atoms with Gasteiger partial charge in [0.1, 0.15) is 0 Å². The molecule has 2 N–H and O–H groups in total. The van der Waals surface area contributed by atoms with Crippen LogP contribution in [0.4, 0.5) is 5.13 Å². The zero-order valence-electron chi connectivity index (χ0n) is 8.86. The average Bonchev–Trinajstić information content (AvgIpc) is 2.94. The Morgan fingerprint density at radius 1 is 1.53 bits per heavy atom. The summed E-state index contributed by atoms with van der Waals surface area (Å²) in [5.41, 5.74) is 0. The van der Waals surface area contributed by atoms with Gasteiger partial charge in [0.15, 0.2) is 0 Å². The van der Waals surface area contributed by atoms with E-state index >= 15 is 0 Å². The number of rotatable bonds is 4. The second kappa shape index (κ2) is 5.56. The van der Waals surface area contributed by atoms with Gasteiger partial charge in [-0.25, -0.2) is 0 Å². The number of hydrogen-bond acceptors (Lipinski definition) is 6. The van der Waals surface area contributed by atoms with Crippen molar-refractivity contribution in [3.8, 4) is 0 Å². The van der Waals surface area contributed by atoms with Crippen molar-refractivity contribution in [3.05, 3.63) is 25.8 Å². The fraction of sp³-hybridized carbons (Fsp3) is 0.222. The fourth-order valence-electron chi connectivity index (χ4n) is 1.11. The van der Waals surface area contributed by atoms with Gasteiger partial charge in [0.25, 0.3) is 5.91 Å². The number of amides is 1. The normalized spacial score (nSPS) is 10.2. The van der Waals surface area contributed by atoms with Gasteiger partial charge in [-0.15, -0.1) is 21.5 Å². The van der Waals surface area contributed by atoms with Gasteiger partial charge in [0.2, 0.25) is 10.1 Å². The molecule has 2 heterocycles. The van der Waals surface area contributed by atoms with E-state index < -0.39 is 0 Å². The Kier molecular flexibility index (Phi) is 4.08. The van der Waals surface area contributed by atoms with Gasteiger partial charge in [0.05, 0.1) is 6.54 Å². The molecular formula is C9H9BrN4OS2. The lowest BCUT2D eigenvalue weighted by atomic mass is 10.4. The molecule has 0 unspecified atom stereocenters. The van der Waals surface area contributed by atoms with Crippen LogP contribution >= 0.6 is 38.6 Å². The van der Waals surface area contributed by atoms with E-state index in [1.807, 2.05) is 11.4 Å². The van der Waals surface area contributed by atoms with Crippen molar-refractivity contribution in [2.45, 2.75) is 6.54 Å². The summed E-state index contributed by atoms with van der Waals surface area (Å²) in [7, 11) is 1.74. The fourth-order valence-corrected chi connectivity index (χ4v) is 3.11. The van der Waals surface area contributed by atoms with Gasteiger partial charge in [-0.05, 0) is 22.0 Å². The highest BCUT2D eigenvalue weighted by Crippen LogP contribution is 2.20. The summed E-state index contributed by atoms with van der Waals surface area (Å²) in [5.74, 6) is -0.200. The molecule has 0 bridgehead atoms. The zero-order chi connectivity index (χ0) is 12.3. The van der Waals surface area contributed by atoms with E-state index in [9.17, 15) is 4.79 Å². The molecule has 0 saturated heterocycles. The largest absolute Gasteiger partial charge is 0.363 e. The summed E-state index contributed by atoms with van der Waals surface area (Å²) in [4.78, 5) is 12.8. The maximum absolute atomic E-state index is 11.7. The van der Waals surface area contributed by atoms with Crippen LogP contribution in [-0.2, 0) is 6.54 Å². The molecule has 0 spiro atoms. The first-order valence-corrected chi connectivity index (χ1v) is 7.20. The van der Waals surface area contributed by atoms with Gasteiger partial charge in [-0.3, -0.25) is 4.79 Å². The van der Waals surface area contributed by atoms with Crippen molar-refractivity contribution in [1.82, 2.24) is 15.5 Å². The van der Waals surface area contributed by atoms with Gasteiger partial charge < -0.3 is 10.6 Å². The monoisotopic (exact) mass is 332 g/mol. The van der Waals surface area contributed by atoms with Crippen LogP contribution in [0.15, 0.2) is 15.9 Å². The summed E-state index contributed by atoms with van der Waals surface area (Å²) < 4.78 is 1.03. The van der Waals surface area contributed by atoms with Crippen LogP contribution in [0.1, 0.15) is 14.7 Å². The van der Waals surface area contributed by atoms with E-state index in [2.05, 4.69) is 36.8 Å². The number of aromatic nitrogens is 2. The molecule has 90 valence electrons. The van der Waals surface area contributed by atoms with E-state index in [0.29, 0.717) is 16.7 Å². The number of nitrogens with zero attached hydrogens (tertiary/aromatic N) is 2. The van der Waals surface area contributed by atoms with Gasteiger partial charge >= 0.3 is 0 Å². The van der Waals surface area contributed by atoms with Crippen molar-refractivity contribution >= 4 is 49.6 Å². The zero-order valence-corrected chi connectivity index (χ0v) is 12.1. The molecule has 0 fully saturated rings. The average molecular weight is 333 g/mol. The molecule has 0 aliphatic heterocycles. The lowest BCUT2D eigenvalue weighted by molar-refractivity contribution is 0.0950. The highest BCUT2D eigenvalue weighted by Gasteiger charge is 2.11. The molecule has 0 radical (unpaired) electrons. The first-order valence-electron chi connectivity index (χ1n) is 4.71. The summed E-state index contributed by atoms with van der Waals surface area (Å²) >= 11 is 6.19. The Morgan fingerprint density at radius 3 is 2.94 bits per heavy atom. The third kappa shape index (κ3) is 3.24. The molecule has 0 atom stereocenters. The number of halogens is 1. The van der Waals surface area contributed by atoms with Gasteiger partial charge in [0, 0.05) is 21.8 Å².